The minimum atomic E-state index is -0.590. The molecule has 4 nitrogen and oxygen atoms in total. The molecule has 1 aliphatic rings. The molecule has 0 N–H and O–H groups in total. The van der Waals surface area contributed by atoms with Gasteiger partial charge in [0, 0.05) is 12.1 Å². The summed E-state index contributed by atoms with van der Waals surface area (Å²) in [4.78, 5) is 13.5. The molecular formula is C12H9F2N3OS. The van der Waals surface area contributed by atoms with Crippen LogP contribution in [0.25, 0.3) is 0 Å². The maximum atomic E-state index is 13.9. The van der Waals surface area contributed by atoms with Crippen molar-refractivity contribution in [2.24, 2.45) is 0 Å². The number of rotatable bonds is 1. The third-order valence-electron chi connectivity index (χ3n) is 3.08. The molecule has 1 amide bonds. The molecule has 2 heterocycles. The molecule has 0 fully saturated rings. The second-order valence-electron chi connectivity index (χ2n) is 4.21. The summed E-state index contributed by atoms with van der Waals surface area (Å²) in [5.41, 5.74) is 0.438. The lowest BCUT2D eigenvalue weighted by atomic mass is 10.0. The van der Waals surface area contributed by atoms with Crippen molar-refractivity contribution in [3.05, 3.63) is 41.2 Å². The quantitative estimate of drug-likeness (QED) is 0.806. The first-order valence-corrected chi connectivity index (χ1v) is 6.48. The zero-order chi connectivity index (χ0) is 13.4. The average Bonchev–Trinajstić information content (AvgIpc) is 2.96. The molecule has 0 saturated heterocycles. The van der Waals surface area contributed by atoms with E-state index in [2.05, 4.69) is 8.75 Å². The number of halogens is 2. The first-order chi connectivity index (χ1) is 9.18. The van der Waals surface area contributed by atoms with Crippen molar-refractivity contribution in [3.63, 3.8) is 0 Å². The Hall–Kier alpha value is -1.89. The molecule has 1 aromatic carbocycles. The lowest BCUT2D eigenvalue weighted by molar-refractivity contribution is 0.0980. The monoisotopic (exact) mass is 281 g/mol. The van der Waals surface area contributed by atoms with Gasteiger partial charge in [-0.25, -0.2) is 8.78 Å². The number of benzene rings is 1. The number of amides is 1. The number of nitrogens with zero attached hydrogens (tertiary/aromatic N) is 3. The van der Waals surface area contributed by atoms with Gasteiger partial charge in [-0.2, -0.15) is 8.75 Å². The minimum Gasteiger partial charge on any atom is -0.304 e. The first kappa shape index (κ1) is 12.2. The summed E-state index contributed by atoms with van der Waals surface area (Å²) in [6, 6.07) is 2.13. The molecule has 0 aliphatic carbocycles. The summed E-state index contributed by atoms with van der Waals surface area (Å²) in [7, 11) is 0. The van der Waals surface area contributed by atoms with Crippen LogP contribution in [-0.4, -0.2) is 21.2 Å². The summed E-state index contributed by atoms with van der Waals surface area (Å²) in [5.74, 6) is -1.52. The topological polar surface area (TPSA) is 46.1 Å². The first-order valence-electron chi connectivity index (χ1n) is 5.75. The van der Waals surface area contributed by atoms with Crippen LogP contribution < -0.4 is 4.90 Å². The fourth-order valence-corrected chi connectivity index (χ4v) is 2.65. The maximum absolute atomic E-state index is 13.9. The van der Waals surface area contributed by atoms with Gasteiger partial charge in [0.15, 0.2) is 5.69 Å². The maximum Gasteiger partial charge on any atom is 0.279 e. The van der Waals surface area contributed by atoms with Crippen molar-refractivity contribution in [2.45, 2.75) is 12.8 Å². The predicted molar refractivity (Wildman–Crippen MR) is 66.3 cm³/mol. The van der Waals surface area contributed by atoms with Crippen LogP contribution in [0, 0.1) is 11.6 Å². The van der Waals surface area contributed by atoms with E-state index in [0.717, 1.165) is 23.9 Å². The molecule has 0 bridgehead atoms. The normalized spacial score (nSPS) is 14.3. The number of hydrogen-bond acceptors (Lipinski definition) is 4. The Morgan fingerprint density at radius 1 is 1.32 bits per heavy atom. The van der Waals surface area contributed by atoms with Crippen LogP contribution in [0.3, 0.4) is 0 Å². The molecule has 3 rings (SSSR count). The lowest BCUT2D eigenvalue weighted by Crippen LogP contribution is -2.36. The fraction of sp³-hybridized carbons (Fsp3) is 0.250. The Morgan fingerprint density at radius 3 is 2.84 bits per heavy atom. The molecule has 0 radical (unpaired) electrons. The van der Waals surface area contributed by atoms with Crippen LogP contribution in [0.15, 0.2) is 18.3 Å². The summed E-state index contributed by atoms with van der Waals surface area (Å²) < 4.78 is 35.2. The Kier molecular flexibility index (Phi) is 2.98. The molecular weight excluding hydrogens is 272 g/mol. The van der Waals surface area contributed by atoms with Crippen LogP contribution in [0.2, 0.25) is 0 Å². The van der Waals surface area contributed by atoms with E-state index in [0.29, 0.717) is 19.4 Å². The van der Waals surface area contributed by atoms with E-state index < -0.39 is 17.5 Å². The molecule has 0 saturated carbocycles. The summed E-state index contributed by atoms with van der Waals surface area (Å²) in [6.45, 7) is 0.351. The standard InChI is InChI=1S/C12H9F2N3OS/c13-8-3-4-9(14)11-7(8)2-1-5-17(11)12(18)10-6-15-19-16-10/h3-4,6H,1-2,5H2. The summed E-state index contributed by atoms with van der Waals surface area (Å²) in [6.07, 6.45) is 2.35. The average molecular weight is 281 g/mol. The molecule has 19 heavy (non-hydrogen) atoms. The second kappa shape index (κ2) is 4.65. The minimum absolute atomic E-state index is 0.0317. The van der Waals surface area contributed by atoms with Crippen LogP contribution in [0.5, 0.6) is 0 Å². The van der Waals surface area contributed by atoms with Gasteiger partial charge in [0.05, 0.1) is 23.6 Å². The van der Waals surface area contributed by atoms with Gasteiger partial charge in [-0.1, -0.05) is 0 Å². The van der Waals surface area contributed by atoms with Gasteiger partial charge in [0.25, 0.3) is 5.91 Å². The zero-order valence-corrected chi connectivity index (χ0v) is 10.6. The van der Waals surface area contributed by atoms with E-state index in [4.69, 9.17) is 0 Å². The lowest BCUT2D eigenvalue weighted by Gasteiger charge is -2.29. The molecule has 2 aromatic rings. The molecule has 1 aliphatic heterocycles. The third kappa shape index (κ3) is 1.99. The van der Waals surface area contributed by atoms with E-state index in [-0.39, 0.29) is 16.9 Å². The Balaban J connectivity index is 2.08. The van der Waals surface area contributed by atoms with Gasteiger partial charge in [-0.15, -0.1) is 0 Å². The summed E-state index contributed by atoms with van der Waals surface area (Å²) in [5, 5.41) is 0. The highest BCUT2D eigenvalue weighted by atomic mass is 32.1. The molecule has 0 unspecified atom stereocenters. The highest BCUT2D eigenvalue weighted by Gasteiger charge is 2.29. The van der Waals surface area contributed by atoms with Gasteiger partial charge in [-0.05, 0) is 25.0 Å². The number of carbonyl (C=O) groups excluding carboxylic acids is 1. The number of anilines is 1. The predicted octanol–water partition coefficient (Wildman–Crippen LogP) is 2.41. The van der Waals surface area contributed by atoms with Gasteiger partial charge in [0.1, 0.15) is 11.6 Å². The smallest absolute Gasteiger partial charge is 0.279 e. The van der Waals surface area contributed by atoms with Gasteiger partial charge in [-0.3, -0.25) is 4.79 Å². The fourth-order valence-electron chi connectivity index (χ4n) is 2.24. The number of fused-ring (bicyclic) bond motifs is 1. The van der Waals surface area contributed by atoms with Gasteiger partial charge in [0.2, 0.25) is 0 Å². The Labute approximate surface area is 112 Å². The number of hydrogen-bond donors (Lipinski definition) is 0. The third-order valence-corrected chi connectivity index (χ3v) is 3.56. The largest absolute Gasteiger partial charge is 0.304 e. The van der Waals surface area contributed by atoms with Crippen LogP contribution in [0.1, 0.15) is 22.5 Å². The second-order valence-corrected chi connectivity index (χ2v) is 4.77. The molecule has 0 spiro atoms. The van der Waals surface area contributed by atoms with Crippen molar-refractivity contribution in [2.75, 3.05) is 11.4 Å². The SMILES string of the molecule is O=C(c1cnsn1)N1CCCc2c(F)ccc(F)c21. The van der Waals surface area contributed by atoms with E-state index in [1.807, 2.05) is 0 Å². The van der Waals surface area contributed by atoms with E-state index in [1.54, 1.807) is 0 Å². The van der Waals surface area contributed by atoms with Crippen molar-refractivity contribution in [1.82, 2.24) is 8.75 Å². The van der Waals surface area contributed by atoms with Gasteiger partial charge >= 0.3 is 0 Å². The highest BCUT2D eigenvalue weighted by molar-refractivity contribution is 6.99. The van der Waals surface area contributed by atoms with Crippen molar-refractivity contribution >= 4 is 23.3 Å². The van der Waals surface area contributed by atoms with Crippen molar-refractivity contribution in [1.29, 1.82) is 0 Å². The Morgan fingerprint density at radius 2 is 2.11 bits per heavy atom. The number of carbonyl (C=O) groups is 1. The van der Waals surface area contributed by atoms with E-state index in [9.17, 15) is 13.6 Å². The molecule has 0 atom stereocenters. The molecule has 98 valence electrons. The molecule has 1 aromatic heterocycles. The molecule has 7 heteroatoms. The van der Waals surface area contributed by atoms with Crippen LogP contribution >= 0.6 is 11.7 Å². The highest BCUT2D eigenvalue weighted by Crippen LogP contribution is 2.32. The van der Waals surface area contributed by atoms with Crippen LogP contribution in [-0.2, 0) is 6.42 Å². The van der Waals surface area contributed by atoms with Crippen molar-refractivity contribution < 1.29 is 13.6 Å². The van der Waals surface area contributed by atoms with Gasteiger partial charge < -0.3 is 4.90 Å². The zero-order valence-electron chi connectivity index (χ0n) is 9.77. The Bertz CT molecular complexity index is 630. The van der Waals surface area contributed by atoms with Crippen LogP contribution in [0.4, 0.5) is 14.5 Å². The summed E-state index contributed by atoms with van der Waals surface area (Å²) >= 11 is 0.905. The van der Waals surface area contributed by atoms with E-state index in [1.165, 1.54) is 11.1 Å². The number of aromatic nitrogens is 2. The van der Waals surface area contributed by atoms with Crippen molar-refractivity contribution in [3.8, 4) is 0 Å². The van der Waals surface area contributed by atoms with E-state index >= 15 is 0 Å².